The number of carbonyl (C=O) groups is 1. The van der Waals surface area contributed by atoms with Crippen LogP contribution in [0, 0.1) is 11.3 Å². The number of aliphatic carboxylic acids is 1. The molecule has 0 amide bonds. The van der Waals surface area contributed by atoms with Gasteiger partial charge in [-0.05, 0) is 0 Å². The first kappa shape index (κ1) is 12.3. The summed E-state index contributed by atoms with van der Waals surface area (Å²) in [6.45, 7) is 0. The van der Waals surface area contributed by atoms with Crippen molar-refractivity contribution in [3.8, 4) is 6.07 Å². The molecule has 0 spiro atoms. The number of carboxylic acid groups (broad SMARTS) is 1. The minimum absolute atomic E-state index is 0.0180. The maximum absolute atomic E-state index is 12.4. The number of halogens is 3. The zero-order valence-electron chi connectivity index (χ0n) is 7.75. The zero-order chi connectivity index (χ0) is 12.3. The van der Waals surface area contributed by atoms with Crippen molar-refractivity contribution in [2.45, 2.75) is 12.8 Å². The maximum Gasteiger partial charge on any atom is 0.307 e. The molecule has 0 atom stereocenters. The molecule has 84 valence electrons. The third-order valence-corrected chi connectivity index (χ3v) is 2.17. The molecule has 0 saturated carbocycles. The molecular weight excluding hydrogens is 242 g/mol. The van der Waals surface area contributed by atoms with Gasteiger partial charge in [0.2, 0.25) is 0 Å². The van der Waals surface area contributed by atoms with Gasteiger partial charge in [0.25, 0.3) is 6.43 Å². The quantitative estimate of drug-likeness (QED) is 0.887. The fourth-order valence-electron chi connectivity index (χ4n) is 1.11. The number of pyridine rings is 1. The number of hydrogen-bond donors (Lipinski definition) is 1. The summed E-state index contributed by atoms with van der Waals surface area (Å²) in [4.78, 5) is 13.8. The summed E-state index contributed by atoms with van der Waals surface area (Å²) in [5.41, 5.74) is -0.967. The van der Waals surface area contributed by atoms with Crippen molar-refractivity contribution in [1.82, 2.24) is 4.98 Å². The van der Waals surface area contributed by atoms with Crippen molar-refractivity contribution >= 4 is 17.6 Å². The average Bonchev–Trinajstić information content (AvgIpc) is 2.16. The van der Waals surface area contributed by atoms with E-state index < -0.39 is 29.5 Å². The Morgan fingerprint density at radius 3 is 2.75 bits per heavy atom. The van der Waals surface area contributed by atoms with Crippen molar-refractivity contribution in [3.05, 3.63) is 28.0 Å². The van der Waals surface area contributed by atoms with E-state index in [1.807, 2.05) is 0 Å². The number of nitriles is 1. The molecule has 0 bridgehead atoms. The molecule has 0 unspecified atom stereocenters. The van der Waals surface area contributed by atoms with Crippen LogP contribution in [0.1, 0.15) is 23.2 Å². The van der Waals surface area contributed by atoms with Gasteiger partial charge in [0.05, 0.1) is 17.0 Å². The first-order valence-corrected chi connectivity index (χ1v) is 4.42. The number of aromatic nitrogens is 1. The van der Waals surface area contributed by atoms with Gasteiger partial charge in [-0.1, -0.05) is 11.6 Å². The third kappa shape index (κ3) is 2.44. The smallest absolute Gasteiger partial charge is 0.307 e. The number of alkyl halides is 2. The Bertz CT molecular complexity index is 471. The first-order valence-electron chi connectivity index (χ1n) is 4.04. The molecule has 0 aliphatic carbocycles. The van der Waals surface area contributed by atoms with Crippen molar-refractivity contribution in [3.63, 3.8) is 0 Å². The highest BCUT2D eigenvalue weighted by Gasteiger charge is 2.20. The standard InChI is InChI=1S/C9H5ClF2N2O2/c10-7-5(2-13)4(1-6(15)16)3-14-8(7)9(11)12/h3,9H,1H2,(H,15,16). The zero-order valence-corrected chi connectivity index (χ0v) is 8.50. The third-order valence-electron chi connectivity index (χ3n) is 1.79. The van der Waals surface area contributed by atoms with Crippen LogP contribution < -0.4 is 0 Å². The number of nitrogens with zero attached hydrogens (tertiary/aromatic N) is 2. The molecule has 1 aromatic rings. The summed E-state index contributed by atoms with van der Waals surface area (Å²) < 4.78 is 24.7. The average molecular weight is 247 g/mol. The van der Waals surface area contributed by atoms with E-state index in [4.69, 9.17) is 22.0 Å². The van der Waals surface area contributed by atoms with Gasteiger partial charge in [0.1, 0.15) is 11.8 Å². The van der Waals surface area contributed by atoms with Crippen LogP contribution in [0.3, 0.4) is 0 Å². The Morgan fingerprint density at radius 2 is 2.31 bits per heavy atom. The van der Waals surface area contributed by atoms with Gasteiger partial charge in [-0.2, -0.15) is 5.26 Å². The molecule has 0 saturated heterocycles. The van der Waals surface area contributed by atoms with Gasteiger partial charge in [-0.15, -0.1) is 0 Å². The lowest BCUT2D eigenvalue weighted by atomic mass is 10.1. The van der Waals surface area contributed by atoms with Crippen molar-refractivity contribution in [1.29, 1.82) is 5.26 Å². The van der Waals surface area contributed by atoms with Crippen LogP contribution in [0.5, 0.6) is 0 Å². The van der Waals surface area contributed by atoms with E-state index in [2.05, 4.69) is 4.98 Å². The second-order valence-corrected chi connectivity index (χ2v) is 3.22. The summed E-state index contributed by atoms with van der Waals surface area (Å²) >= 11 is 5.53. The summed E-state index contributed by atoms with van der Waals surface area (Å²) in [5.74, 6) is -1.20. The molecule has 1 N–H and O–H groups in total. The Labute approximate surface area is 94.1 Å². The molecular formula is C9H5ClF2N2O2. The highest BCUT2D eigenvalue weighted by Crippen LogP contribution is 2.29. The fraction of sp³-hybridized carbons (Fsp3) is 0.222. The minimum atomic E-state index is -2.90. The lowest BCUT2D eigenvalue weighted by molar-refractivity contribution is -0.136. The largest absolute Gasteiger partial charge is 0.481 e. The van der Waals surface area contributed by atoms with Gasteiger partial charge in [0, 0.05) is 11.8 Å². The maximum atomic E-state index is 12.4. The van der Waals surface area contributed by atoms with E-state index in [1.54, 1.807) is 6.07 Å². The fourth-order valence-corrected chi connectivity index (χ4v) is 1.40. The molecule has 0 aromatic carbocycles. The predicted octanol–water partition coefficient (Wildman–Crippen LogP) is 2.17. The van der Waals surface area contributed by atoms with Crippen LogP contribution >= 0.6 is 11.6 Å². The first-order chi connectivity index (χ1) is 7.47. The number of rotatable bonds is 3. The van der Waals surface area contributed by atoms with Gasteiger partial charge in [-0.25, -0.2) is 8.78 Å². The van der Waals surface area contributed by atoms with E-state index in [-0.39, 0.29) is 11.1 Å². The lowest BCUT2D eigenvalue weighted by Gasteiger charge is -2.06. The number of carboxylic acids is 1. The van der Waals surface area contributed by atoms with E-state index >= 15 is 0 Å². The van der Waals surface area contributed by atoms with E-state index in [0.717, 1.165) is 6.20 Å². The second-order valence-electron chi connectivity index (χ2n) is 2.84. The molecule has 0 aliphatic heterocycles. The summed E-state index contributed by atoms with van der Waals surface area (Å²) in [5, 5.41) is 16.8. The molecule has 16 heavy (non-hydrogen) atoms. The second kappa shape index (κ2) is 4.86. The lowest BCUT2D eigenvalue weighted by Crippen LogP contribution is -2.05. The van der Waals surface area contributed by atoms with Crippen molar-refractivity contribution in [2.24, 2.45) is 0 Å². The van der Waals surface area contributed by atoms with Gasteiger partial charge in [0.15, 0.2) is 0 Å². The Balaban J connectivity index is 3.31. The van der Waals surface area contributed by atoms with Crippen LogP contribution in [0.15, 0.2) is 6.20 Å². The van der Waals surface area contributed by atoms with Crippen LogP contribution in [-0.4, -0.2) is 16.1 Å². The molecule has 4 nitrogen and oxygen atoms in total. The summed E-state index contributed by atoms with van der Waals surface area (Å²) in [6.07, 6.45) is -2.46. The van der Waals surface area contributed by atoms with Gasteiger partial charge < -0.3 is 5.11 Å². The van der Waals surface area contributed by atoms with Gasteiger partial charge in [-0.3, -0.25) is 9.78 Å². The molecule has 1 heterocycles. The topological polar surface area (TPSA) is 74.0 Å². The molecule has 0 aliphatic rings. The Hall–Kier alpha value is -1.74. The van der Waals surface area contributed by atoms with Crippen LogP contribution in [-0.2, 0) is 11.2 Å². The van der Waals surface area contributed by atoms with E-state index in [9.17, 15) is 13.6 Å². The number of hydrogen-bond acceptors (Lipinski definition) is 3. The monoisotopic (exact) mass is 246 g/mol. The SMILES string of the molecule is N#Cc1c(CC(=O)O)cnc(C(F)F)c1Cl. The van der Waals surface area contributed by atoms with E-state index in [0.29, 0.717) is 0 Å². The Kier molecular flexibility index (Phi) is 3.74. The summed E-state index contributed by atoms with van der Waals surface area (Å²) in [7, 11) is 0. The van der Waals surface area contributed by atoms with Gasteiger partial charge >= 0.3 is 5.97 Å². The predicted molar refractivity (Wildman–Crippen MR) is 50.3 cm³/mol. The van der Waals surface area contributed by atoms with E-state index in [1.165, 1.54) is 0 Å². The Morgan fingerprint density at radius 1 is 1.69 bits per heavy atom. The highest BCUT2D eigenvalue weighted by atomic mass is 35.5. The molecule has 7 heteroatoms. The molecule has 0 radical (unpaired) electrons. The minimum Gasteiger partial charge on any atom is -0.481 e. The van der Waals surface area contributed by atoms with Crippen LogP contribution in [0.2, 0.25) is 5.02 Å². The molecule has 1 rings (SSSR count). The van der Waals surface area contributed by atoms with Crippen molar-refractivity contribution < 1.29 is 18.7 Å². The highest BCUT2D eigenvalue weighted by molar-refractivity contribution is 6.32. The van der Waals surface area contributed by atoms with Crippen LogP contribution in [0.4, 0.5) is 8.78 Å². The normalized spacial score (nSPS) is 10.2. The molecule has 1 aromatic heterocycles. The molecule has 0 fully saturated rings. The summed E-state index contributed by atoms with van der Waals surface area (Å²) in [6, 6.07) is 1.60. The van der Waals surface area contributed by atoms with Crippen molar-refractivity contribution in [2.75, 3.05) is 0 Å². The van der Waals surface area contributed by atoms with Crippen LogP contribution in [0.25, 0.3) is 0 Å².